The monoisotopic (exact) mass is 371 g/mol. The van der Waals surface area contributed by atoms with E-state index in [2.05, 4.69) is 16.0 Å². The fourth-order valence-corrected chi connectivity index (χ4v) is 4.06. The second-order valence-electron chi connectivity index (χ2n) is 6.56. The molecule has 2 fully saturated rings. The summed E-state index contributed by atoms with van der Waals surface area (Å²) >= 11 is 6.17. The van der Waals surface area contributed by atoms with E-state index in [1.165, 1.54) is 13.3 Å². The molecule has 0 radical (unpaired) electrons. The lowest BCUT2D eigenvalue weighted by atomic mass is 9.67. The molecule has 0 aromatic heterocycles. The van der Waals surface area contributed by atoms with Crippen LogP contribution in [0.5, 0.6) is 0 Å². The Hall–Kier alpha value is -1.30. The van der Waals surface area contributed by atoms with E-state index in [4.69, 9.17) is 11.6 Å². The summed E-state index contributed by atoms with van der Waals surface area (Å²) in [7, 11) is 0. The number of halogens is 2. The van der Waals surface area contributed by atoms with E-state index in [-0.39, 0.29) is 29.6 Å². The van der Waals surface area contributed by atoms with Crippen LogP contribution in [0.15, 0.2) is 18.2 Å². The average molecular weight is 372 g/mol. The fraction of sp³-hybridized carbons (Fsp3) is 0.529. The number of hydrogen-bond donors (Lipinski definition) is 3. The van der Waals surface area contributed by atoms with Crippen molar-refractivity contribution in [1.82, 2.24) is 5.32 Å². The molecule has 1 saturated heterocycles. The molecule has 0 unspecified atom stereocenters. The molecule has 2 amide bonds. The van der Waals surface area contributed by atoms with Crippen LogP contribution in [0.2, 0.25) is 5.02 Å². The van der Waals surface area contributed by atoms with Crippen molar-refractivity contribution in [1.29, 1.82) is 0 Å². The first-order chi connectivity index (χ1) is 11.0. The quantitative estimate of drug-likeness (QED) is 0.761. The van der Waals surface area contributed by atoms with Crippen molar-refractivity contribution in [2.24, 2.45) is 11.3 Å². The average Bonchev–Trinajstić information content (AvgIpc) is 2.95. The number of fused-ring (bicyclic) bond motifs is 1. The van der Waals surface area contributed by atoms with Crippen LogP contribution < -0.4 is 16.0 Å². The van der Waals surface area contributed by atoms with Crippen LogP contribution in [0.4, 0.5) is 11.4 Å². The molecule has 24 heavy (non-hydrogen) atoms. The van der Waals surface area contributed by atoms with Gasteiger partial charge in [-0.05, 0) is 43.5 Å². The summed E-state index contributed by atoms with van der Waals surface area (Å²) in [6.45, 7) is 3.11. The van der Waals surface area contributed by atoms with Gasteiger partial charge in [-0.1, -0.05) is 24.4 Å². The lowest BCUT2D eigenvalue weighted by Gasteiger charge is -2.37. The second-order valence-corrected chi connectivity index (χ2v) is 6.97. The first-order valence-corrected chi connectivity index (χ1v) is 8.48. The lowest BCUT2D eigenvalue weighted by Crippen LogP contribution is -2.44. The van der Waals surface area contributed by atoms with Gasteiger partial charge in [-0.3, -0.25) is 9.59 Å². The van der Waals surface area contributed by atoms with E-state index in [9.17, 15) is 9.59 Å². The molecule has 0 spiro atoms. The van der Waals surface area contributed by atoms with Gasteiger partial charge in [0.1, 0.15) is 0 Å². The summed E-state index contributed by atoms with van der Waals surface area (Å²) in [5, 5.41) is 9.47. The van der Waals surface area contributed by atoms with E-state index < -0.39 is 0 Å². The van der Waals surface area contributed by atoms with E-state index >= 15 is 0 Å². The van der Waals surface area contributed by atoms with Gasteiger partial charge >= 0.3 is 0 Å². The van der Waals surface area contributed by atoms with Gasteiger partial charge in [0.2, 0.25) is 11.8 Å². The Morgan fingerprint density at radius 2 is 2.08 bits per heavy atom. The number of carbonyl (C=O) groups excluding carboxylic acids is 2. The van der Waals surface area contributed by atoms with Gasteiger partial charge in [0, 0.05) is 19.2 Å². The third kappa shape index (κ3) is 3.68. The van der Waals surface area contributed by atoms with Crippen molar-refractivity contribution in [2.45, 2.75) is 32.6 Å². The normalized spacial score (nSPS) is 25.3. The minimum atomic E-state index is -0.291. The van der Waals surface area contributed by atoms with Crippen molar-refractivity contribution >= 4 is 47.2 Å². The molecule has 1 aromatic carbocycles. The Balaban J connectivity index is 0.00000208. The standard InChI is InChI=1S/C17H22ClN3O2.ClH/c1-11(22)20-15-6-5-13(8-14(15)18)21-16(23)17-7-3-2-4-12(17)9-19-10-17;/h5-6,8,12,19H,2-4,7,9-10H2,1H3,(H,20,22)(H,21,23);1H/t12-,17+;/m0./s1. The first kappa shape index (κ1) is 19.0. The van der Waals surface area contributed by atoms with Crippen LogP contribution in [0.25, 0.3) is 0 Å². The zero-order valence-electron chi connectivity index (χ0n) is 13.7. The lowest BCUT2D eigenvalue weighted by molar-refractivity contribution is -0.128. The maximum Gasteiger partial charge on any atom is 0.232 e. The SMILES string of the molecule is CC(=O)Nc1ccc(NC(=O)[C@@]23CCCC[C@H]2CNC3)cc1Cl.Cl. The minimum absolute atomic E-state index is 0. The number of rotatable bonds is 3. The Morgan fingerprint density at radius 3 is 2.79 bits per heavy atom. The summed E-state index contributed by atoms with van der Waals surface area (Å²) in [4.78, 5) is 24.0. The van der Waals surface area contributed by atoms with Crippen LogP contribution in [0, 0.1) is 11.3 Å². The summed E-state index contributed by atoms with van der Waals surface area (Å²) < 4.78 is 0. The topological polar surface area (TPSA) is 70.2 Å². The summed E-state index contributed by atoms with van der Waals surface area (Å²) in [5.41, 5.74) is 0.925. The molecular weight excluding hydrogens is 349 g/mol. The van der Waals surface area contributed by atoms with Crippen LogP contribution in [0.1, 0.15) is 32.6 Å². The van der Waals surface area contributed by atoms with Crippen LogP contribution in [-0.4, -0.2) is 24.9 Å². The summed E-state index contributed by atoms with van der Waals surface area (Å²) in [6, 6.07) is 5.16. The number of carbonyl (C=O) groups is 2. The number of nitrogens with one attached hydrogen (secondary N) is 3. The molecule has 3 rings (SSSR count). The fourth-order valence-electron chi connectivity index (χ4n) is 3.83. The Kier molecular flexibility index (Phi) is 6.12. The maximum atomic E-state index is 12.9. The zero-order chi connectivity index (χ0) is 16.4. The van der Waals surface area contributed by atoms with Crippen molar-refractivity contribution in [3.05, 3.63) is 23.2 Å². The van der Waals surface area contributed by atoms with Gasteiger partial charge in [-0.25, -0.2) is 0 Å². The van der Waals surface area contributed by atoms with E-state index in [0.717, 1.165) is 32.4 Å². The molecule has 7 heteroatoms. The molecule has 0 bridgehead atoms. The third-order valence-electron chi connectivity index (χ3n) is 5.03. The molecule has 3 N–H and O–H groups in total. The molecule has 2 aliphatic rings. The van der Waals surface area contributed by atoms with Gasteiger partial charge in [-0.15, -0.1) is 12.4 Å². The van der Waals surface area contributed by atoms with Crippen LogP contribution >= 0.6 is 24.0 Å². The highest BCUT2D eigenvalue weighted by atomic mass is 35.5. The minimum Gasteiger partial charge on any atom is -0.326 e. The number of hydrogen-bond acceptors (Lipinski definition) is 3. The van der Waals surface area contributed by atoms with E-state index in [0.29, 0.717) is 22.3 Å². The molecule has 132 valence electrons. The summed E-state index contributed by atoms with van der Waals surface area (Å²) in [5.74, 6) is 0.325. The Labute approximate surface area is 153 Å². The molecule has 5 nitrogen and oxygen atoms in total. The molecule has 1 aliphatic carbocycles. The third-order valence-corrected chi connectivity index (χ3v) is 5.34. The second kappa shape index (κ2) is 7.72. The first-order valence-electron chi connectivity index (χ1n) is 8.10. The molecule has 1 aliphatic heterocycles. The van der Waals surface area contributed by atoms with Crippen molar-refractivity contribution in [2.75, 3.05) is 23.7 Å². The molecule has 1 heterocycles. The van der Waals surface area contributed by atoms with E-state index in [1.807, 2.05) is 0 Å². The smallest absolute Gasteiger partial charge is 0.232 e. The number of anilines is 2. The van der Waals surface area contributed by atoms with Crippen molar-refractivity contribution < 1.29 is 9.59 Å². The maximum absolute atomic E-state index is 12.9. The Bertz CT molecular complexity index is 638. The van der Waals surface area contributed by atoms with Gasteiger partial charge in [-0.2, -0.15) is 0 Å². The molecular formula is C17H23Cl2N3O2. The Morgan fingerprint density at radius 1 is 1.29 bits per heavy atom. The van der Waals surface area contributed by atoms with Crippen molar-refractivity contribution in [3.63, 3.8) is 0 Å². The highest BCUT2D eigenvalue weighted by molar-refractivity contribution is 6.34. The largest absolute Gasteiger partial charge is 0.326 e. The predicted octanol–water partition coefficient (Wildman–Crippen LogP) is 3.44. The van der Waals surface area contributed by atoms with Gasteiger partial charge in [0.15, 0.2) is 0 Å². The molecule has 2 atom stereocenters. The van der Waals surface area contributed by atoms with Gasteiger partial charge < -0.3 is 16.0 Å². The van der Waals surface area contributed by atoms with Gasteiger partial charge in [0.05, 0.1) is 16.1 Å². The van der Waals surface area contributed by atoms with Gasteiger partial charge in [0.25, 0.3) is 0 Å². The van der Waals surface area contributed by atoms with Crippen molar-refractivity contribution in [3.8, 4) is 0 Å². The molecule has 1 aromatic rings. The zero-order valence-corrected chi connectivity index (χ0v) is 15.2. The molecule has 1 saturated carbocycles. The van der Waals surface area contributed by atoms with Crippen LogP contribution in [-0.2, 0) is 9.59 Å². The number of amides is 2. The van der Waals surface area contributed by atoms with Crippen LogP contribution in [0.3, 0.4) is 0 Å². The highest BCUT2D eigenvalue weighted by Crippen LogP contribution is 2.44. The number of benzene rings is 1. The van der Waals surface area contributed by atoms with E-state index in [1.54, 1.807) is 18.2 Å². The highest BCUT2D eigenvalue weighted by Gasteiger charge is 2.49. The predicted molar refractivity (Wildman–Crippen MR) is 98.9 cm³/mol. The summed E-state index contributed by atoms with van der Waals surface area (Å²) in [6.07, 6.45) is 4.36.